The molecule has 1 atom stereocenters. The second-order valence-electron chi connectivity index (χ2n) is 7.88. The van der Waals surface area contributed by atoms with E-state index >= 15 is 0 Å². The van der Waals surface area contributed by atoms with Crippen molar-refractivity contribution >= 4 is 29.1 Å². The Morgan fingerprint density at radius 1 is 1.17 bits per heavy atom. The average Bonchev–Trinajstić information content (AvgIpc) is 3.47. The predicted octanol–water partition coefficient (Wildman–Crippen LogP) is 6.33. The van der Waals surface area contributed by atoms with Crippen LogP contribution in [0.2, 0.25) is 0 Å². The summed E-state index contributed by atoms with van der Waals surface area (Å²) in [5.74, 6) is -0.447. The van der Waals surface area contributed by atoms with Crippen LogP contribution in [0.25, 0.3) is 22.0 Å². The molecule has 0 fully saturated rings. The van der Waals surface area contributed by atoms with Gasteiger partial charge in [0.15, 0.2) is 0 Å². The molecule has 0 aliphatic carbocycles. The summed E-state index contributed by atoms with van der Waals surface area (Å²) in [7, 11) is 0. The van der Waals surface area contributed by atoms with Gasteiger partial charge in [-0.2, -0.15) is 0 Å². The summed E-state index contributed by atoms with van der Waals surface area (Å²) in [5.41, 5.74) is 3.23. The molecule has 0 saturated heterocycles. The highest BCUT2D eigenvalue weighted by atomic mass is 32.1. The lowest BCUT2D eigenvalue weighted by atomic mass is 10.1. The topological polar surface area (TPSA) is 104 Å². The number of hydrogen-bond donors (Lipinski definition) is 1. The lowest BCUT2D eigenvalue weighted by Gasteiger charge is -2.14. The molecule has 2 aromatic heterocycles. The second-order valence-corrected chi connectivity index (χ2v) is 8.74. The SMILES string of the molecule is CCOC(=O)Cc1ccc(-c2nc(-c3onc(C)c3NC(=O)O[C@H](C)c3ccccc3F)cs2)cc1. The number of rotatable bonds is 8. The highest BCUT2D eigenvalue weighted by Gasteiger charge is 2.22. The molecule has 4 rings (SSSR count). The Kier molecular flexibility index (Phi) is 7.74. The second kappa shape index (κ2) is 11.1. The number of thiazole rings is 1. The smallest absolute Gasteiger partial charge is 0.412 e. The number of carbonyl (C=O) groups is 2. The van der Waals surface area contributed by atoms with E-state index in [9.17, 15) is 14.0 Å². The Morgan fingerprint density at radius 2 is 1.92 bits per heavy atom. The minimum absolute atomic E-state index is 0.204. The van der Waals surface area contributed by atoms with Crippen LogP contribution in [0.1, 0.15) is 36.8 Å². The molecule has 0 spiro atoms. The third-order valence-corrected chi connectivity index (χ3v) is 6.20. The molecule has 0 unspecified atom stereocenters. The number of esters is 1. The molecular weight excluding hydrogens is 485 g/mol. The Balaban J connectivity index is 1.47. The van der Waals surface area contributed by atoms with E-state index in [1.54, 1.807) is 44.4 Å². The number of nitrogens with zero attached hydrogens (tertiary/aromatic N) is 2. The van der Waals surface area contributed by atoms with Crippen molar-refractivity contribution in [3.63, 3.8) is 0 Å². The first kappa shape index (κ1) is 25.1. The maximum atomic E-state index is 14.0. The number of amides is 1. The molecule has 186 valence electrons. The lowest BCUT2D eigenvalue weighted by molar-refractivity contribution is -0.142. The molecule has 4 aromatic rings. The van der Waals surface area contributed by atoms with E-state index in [0.29, 0.717) is 23.7 Å². The van der Waals surface area contributed by atoms with Gasteiger partial charge in [-0.15, -0.1) is 11.3 Å². The monoisotopic (exact) mass is 509 g/mol. The number of nitrogens with one attached hydrogen (secondary N) is 1. The highest BCUT2D eigenvalue weighted by molar-refractivity contribution is 7.13. The van der Waals surface area contributed by atoms with Gasteiger partial charge in [0.1, 0.15) is 34.0 Å². The molecular formula is C26H24FN3O5S. The summed E-state index contributed by atoms with van der Waals surface area (Å²) in [4.78, 5) is 28.8. The van der Waals surface area contributed by atoms with Gasteiger partial charge in [0.2, 0.25) is 5.76 Å². The maximum absolute atomic E-state index is 14.0. The summed E-state index contributed by atoms with van der Waals surface area (Å²) in [5, 5.41) is 9.11. The van der Waals surface area contributed by atoms with Gasteiger partial charge in [0.25, 0.3) is 0 Å². The summed E-state index contributed by atoms with van der Waals surface area (Å²) in [6.07, 6.45) is -1.37. The van der Waals surface area contributed by atoms with Gasteiger partial charge in [-0.3, -0.25) is 10.1 Å². The molecule has 10 heteroatoms. The van der Waals surface area contributed by atoms with Crippen LogP contribution < -0.4 is 5.32 Å². The van der Waals surface area contributed by atoms with Gasteiger partial charge in [0, 0.05) is 16.5 Å². The normalized spacial score (nSPS) is 11.7. The van der Waals surface area contributed by atoms with Crippen molar-refractivity contribution in [2.24, 2.45) is 0 Å². The first-order valence-corrected chi connectivity index (χ1v) is 12.1. The number of halogens is 1. The van der Waals surface area contributed by atoms with Crippen LogP contribution in [0.15, 0.2) is 58.4 Å². The summed E-state index contributed by atoms with van der Waals surface area (Å²) in [6.45, 7) is 5.38. The van der Waals surface area contributed by atoms with E-state index in [2.05, 4.69) is 15.5 Å². The fourth-order valence-electron chi connectivity index (χ4n) is 3.51. The Bertz CT molecular complexity index is 1370. The van der Waals surface area contributed by atoms with Crippen molar-refractivity contribution in [1.82, 2.24) is 10.1 Å². The van der Waals surface area contributed by atoms with Crippen LogP contribution in [0.5, 0.6) is 0 Å². The van der Waals surface area contributed by atoms with Crippen molar-refractivity contribution < 1.29 is 28.0 Å². The average molecular weight is 510 g/mol. The van der Waals surface area contributed by atoms with Crippen molar-refractivity contribution in [2.75, 3.05) is 11.9 Å². The van der Waals surface area contributed by atoms with E-state index in [4.69, 9.17) is 14.0 Å². The minimum atomic E-state index is -0.799. The van der Waals surface area contributed by atoms with Crippen molar-refractivity contribution in [3.05, 3.63) is 76.5 Å². The maximum Gasteiger partial charge on any atom is 0.412 e. The Morgan fingerprint density at radius 3 is 2.64 bits per heavy atom. The molecule has 0 saturated carbocycles. The minimum Gasteiger partial charge on any atom is -0.466 e. The van der Waals surface area contributed by atoms with Gasteiger partial charge in [-0.05, 0) is 32.4 Å². The molecule has 2 aromatic carbocycles. The first-order chi connectivity index (χ1) is 17.4. The summed E-state index contributed by atoms with van der Waals surface area (Å²) < 4.78 is 29.8. The van der Waals surface area contributed by atoms with E-state index < -0.39 is 18.0 Å². The van der Waals surface area contributed by atoms with Gasteiger partial charge < -0.3 is 14.0 Å². The van der Waals surface area contributed by atoms with Crippen LogP contribution in [0.4, 0.5) is 14.9 Å². The van der Waals surface area contributed by atoms with Crippen LogP contribution in [-0.2, 0) is 20.7 Å². The van der Waals surface area contributed by atoms with E-state index in [1.807, 2.05) is 24.3 Å². The largest absolute Gasteiger partial charge is 0.466 e. The van der Waals surface area contributed by atoms with Crippen molar-refractivity contribution in [1.29, 1.82) is 0 Å². The van der Waals surface area contributed by atoms with E-state index in [0.717, 1.165) is 16.1 Å². The number of benzene rings is 2. The van der Waals surface area contributed by atoms with E-state index in [1.165, 1.54) is 17.4 Å². The number of aromatic nitrogens is 2. The van der Waals surface area contributed by atoms with Crippen LogP contribution in [-0.4, -0.2) is 28.8 Å². The number of anilines is 1. The predicted molar refractivity (Wildman–Crippen MR) is 133 cm³/mol. The van der Waals surface area contributed by atoms with Crippen molar-refractivity contribution in [2.45, 2.75) is 33.3 Å². The number of carbonyl (C=O) groups excluding carboxylic acids is 2. The fourth-order valence-corrected chi connectivity index (χ4v) is 4.31. The Labute approximate surface area is 211 Å². The molecule has 36 heavy (non-hydrogen) atoms. The Hall–Kier alpha value is -4.05. The fraction of sp³-hybridized carbons (Fsp3) is 0.231. The number of ether oxygens (including phenoxy) is 2. The third kappa shape index (κ3) is 5.77. The zero-order valence-electron chi connectivity index (χ0n) is 19.9. The molecule has 0 bridgehead atoms. The van der Waals surface area contributed by atoms with Crippen LogP contribution in [0.3, 0.4) is 0 Å². The number of hydrogen-bond acceptors (Lipinski definition) is 8. The van der Waals surface area contributed by atoms with Gasteiger partial charge >= 0.3 is 12.1 Å². The molecule has 0 radical (unpaired) electrons. The standard InChI is InChI=1S/C26H24FN3O5S/c1-4-33-22(31)13-17-9-11-18(12-10-17)25-28-21(14-36-25)24-23(15(2)30-35-24)29-26(32)34-16(3)19-7-5-6-8-20(19)27/h5-12,14,16H,4,13H2,1-3H3,(H,29,32)/t16-/m1/s1. The van der Waals surface area contributed by atoms with Gasteiger partial charge in [0.05, 0.1) is 13.0 Å². The molecule has 0 aliphatic heterocycles. The first-order valence-electron chi connectivity index (χ1n) is 11.2. The third-order valence-electron chi connectivity index (χ3n) is 5.31. The molecule has 1 N–H and O–H groups in total. The van der Waals surface area contributed by atoms with Crippen LogP contribution >= 0.6 is 11.3 Å². The highest BCUT2D eigenvalue weighted by Crippen LogP contribution is 2.35. The summed E-state index contributed by atoms with van der Waals surface area (Å²) >= 11 is 1.40. The molecule has 1 amide bonds. The van der Waals surface area contributed by atoms with Gasteiger partial charge in [-0.25, -0.2) is 14.2 Å². The van der Waals surface area contributed by atoms with Crippen LogP contribution in [0, 0.1) is 12.7 Å². The zero-order valence-corrected chi connectivity index (χ0v) is 20.7. The quantitative estimate of drug-likeness (QED) is 0.277. The van der Waals surface area contributed by atoms with Gasteiger partial charge in [-0.1, -0.05) is 47.6 Å². The number of aryl methyl sites for hydroxylation is 1. The molecule has 2 heterocycles. The summed E-state index contributed by atoms with van der Waals surface area (Å²) in [6, 6.07) is 13.6. The van der Waals surface area contributed by atoms with Crippen molar-refractivity contribution in [3.8, 4) is 22.0 Å². The zero-order chi connectivity index (χ0) is 25.7. The lowest BCUT2D eigenvalue weighted by Crippen LogP contribution is -2.17. The molecule has 8 nitrogen and oxygen atoms in total. The van der Waals surface area contributed by atoms with E-state index in [-0.39, 0.29) is 23.7 Å². The molecule has 0 aliphatic rings.